The third-order valence-corrected chi connectivity index (χ3v) is 12.5. The van der Waals surface area contributed by atoms with Crippen molar-refractivity contribution in [3.05, 3.63) is 11.3 Å². The van der Waals surface area contributed by atoms with Crippen molar-refractivity contribution in [1.29, 1.82) is 0 Å². The van der Waals surface area contributed by atoms with Gasteiger partial charge < -0.3 is 13.9 Å². The third-order valence-electron chi connectivity index (χ3n) is 6.70. The van der Waals surface area contributed by atoms with Gasteiger partial charge in [0.05, 0.1) is 32.3 Å². The highest BCUT2D eigenvalue weighted by molar-refractivity contribution is 6.81. The molecule has 0 bridgehead atoms. The van der Waals surface area contributed by atoms with Gasteiger partial charge in [-0.15, -0.1) is 0 Å². The summed E-state index contributed by atoms with van der Waals surface area (Å²) in [5.74, 6) is -0.147. The van der Waals surface area contributed by atoms with Crippen molar-refractivity contribution in [2.24, 2.45) is 10.8 Å². The van der Waals surface area contributed by atoms with Crippen LogP contribution in [-0.4, -0.2) is 47.8 Å². The van der Waals surface area contributed by atoms with E-state index in [2.05, 4.69) is 73.1 Å². The second-order valence-corrected chi connectivity index (χ2v) is 23.9. The molecule has 4 nitrogen and oxygen atoms in total. The highest BCUT2D eigenvalue weighted by atomic mass is 28.4. The lowest BCUT2D eigenvalue weighted by Gasteiger charge is -2.44. The Balaban J connectivity index is 2.94. The maximum Gasteiger partial charge on any atom is 0.311 e. The van der Waals surface area contributed by atoms with Crippen LogP contribution in [0.15, 0.2) is 11.3 Å². The summed E-state index contributed by atoms with van der Waals surface area (Å²) in [4.78, 5) is 12.2. The lowest BCUT2D eigenvalue weighted by atomic mass is 9.81. The van der Waals surface area contributed by atoms with E-state index in [0.29, 0.717) is 13.2 Å². The predicted molar refractivity (Wildman–Crippen MR) is 141 cm³/mol. The van der Waals surface area contributed by atoms with Crippen molar-refractivity contribution in [3.8, 4) is 0 Å². The van der Waals surface area contributed by atoms with Gasteiger partial charge in [-0.25, -0.2) is 0 Å². The van der Waals surface area contributed by atoms with Gasteiger partial charge in [0.25, 0.3) is 0 Å². The monoisotopic (exact) mass is 484 g/mol. The molecule has 2 atom stereocenters. The molecule has 0 aromatic rings. The largest absolute Gasteiger partial charge is 0.465 e. The zero-order chi connectivity index (χ0) is 25.2. The summed E-state index contributed by atoms with van der Waals surface area (Å²) >= 11 is 0. The number of esters is 1. The number of hydrogen-bond acceptors (Lipinski definition) is 4. The summed E-state index contributed by atoms with van der Waals surface area (Å²) in [5, 5.41) is 0.193. The summed E-state index contributed by atoms with van der Waals surface area (Å²) < 4.78 is 18.8. The molecule has 188 valence electrons. The van der Waals surface area contributed by atoms with E-state index in [4.69, 9.17) is 13.9 Å². The zero-order valence-corrected chi connectivity index (χ0v) is 25.4. The van der Waals surface area contributed by atoms with Crippen molar-refractivity contribution in [2.45, 2.75) is 125 Å². The highest BCUT2D eigenvalue weighted by Gasteiger charge is 2.42. The fourth-order valence-corrected chi connectivity index (χ4v) is 6.11. The fourth-order valence-electron chi connectivity index (χ4n) is 3.48. The van der Waals surface area contributed by atoms with Crippen molar-refractivity contribution in [3.63, 3.8) is 0 Å². The Morgan fingerprint density at radius 1 is 1.00 bits per heavy atom. The van der Waals surface area contributed by atoms with E-state index in [0.717, 1.165) is 19.3 Å². The molecule has 0 N–H and O–H groups in total. The van der Waals surface area contributed by atoms with Gasteiger partial charge in [0.1, 0.15) is 0 Å². The number of ether oxygens (including phenoxy) is 2. The van der Waals surface area contributed by atoms with Gasteiger partial charge in [-0.05, 0) is 51.7 Å². The van der Waals surface area contributed by atoms with Crippen LogP contribution < -0.4 is 0 Å². The Hall–Kier alpha value is -0.436. The average molecular weight is 485 g/mol. The molecule has 0 spiro atoms. The summed E-state index contributed by atoms with van der Waals surface area (Å²) in [6, 6.07) is 0. The van der Waals surface area contributed by atoms with Gasteiger partial charge in [0, 0.05) is 18.4 Å². The number of rotatable bonds is 8. The Bertz CT molecular complexity index is 661. The van der Waals surface area contributed by atoms with Crippen LogP contribution in [0.5, 0.6) is 0 Å². The van der Waals surface area contributed by atoms with Crippen molar-refractivity contribution in [2.75, 3.05) is 13.2 Å². The summed E-state index contributed by atoms with van der Waals surface area (Å²) in [6.45, 7) is 30.0. The maximum atomic E-state index is 12.2. The predicted octanol–water partition coefficient (Wildman–Crippen LogP) is 7.37. The van der Waals surface area contributed by atoms with Gasteiger partial charge in [0.15, 0.2) is 8.32 Å². The summed E-state index contributed by atoms with van der Waals surface area (Å²) in [5.41, 5.74) is 3.49. The SMILES string of the molecule is CC(C)(C)C(=O)OCC[C@@H]1C/C(=C/[Si](C)(C)C)C[C@H](C(C)(C)CO[Si](C)(C)C(C)(C)C)O1. The Morgan fingerprint density at radius 2 is 1.56 bits per heavy atom. The first kappa shape index (κ1) is 29.6. The molecule has 1 rings (SSSR count). The Kier molecular flexibility index (Phi) is 9.66. The number of carbonyl (C=O) groups is 1. The second kappa shape index (κ2) is 10.4. The average Bonchev–Trinajstić information content (AvgIpc) is 2.56. The summed E-state index contributed by atoms with van der Waals surface area (Å²) in [6.07, 6.45) is 2.83. The molecule has 1 aliphatic heterocycles. The van der Waals surface area contributed by atoms with Crippen LogP contribution >= 0.6 is 0 Å². The van der Waals surface area contributed by atoms with Gasteiger partial charge in [-0.3, -0.25) is 4.79 Å². The molecule has 1 aliphatic rings. The van der Waals surface area contributed by atoms with Crippen molar-refractivity contribution < 1.29 is 18.7 Å². The lowest BCUT2D eigenvalue weighted by Crippen LogP contribution is -2.47. The molecule has 0 radical (unpaired) electrons. The van der Waals surface area contributed by atoms with E-state index in [1.165, 1.54) is 5.57 Å². The molecule has 1 fully saturated rings. The minimum absolute atomic E-state index is 0.0799. The molecule has 0 saturated carbocycles. The van der Waals surface area contributed by atoms with Crippen molar-refractivity contribution in [1.82, 2.24) is 0 Å². The van der Waals surface area contributed by atoms with Gasteiger partial charge in [-0.1, -0.05) is 65.5 Å². The molecule has 1 saturated heterocycles. The van der Waals surface area contributed by atoms with Crippen LogP contribution in [-0.2, 0) is 18.7 Å². The first-order chi connectivity index (χ1) is 14.1. The molecule has 0 amide bonds. The molecule has 0 unspecified atom stereocenters. The Labute approximate surface area is 201 Å². The quantitative estimate of drug-likeness (QED) is 0.266. The van der Waals surface area contributed by atoms with Crippen LogP contribution in [0.1, 0.15) is 74.7 Å². The fraction of sp³-hybridized carbons (Fsp3) is 0.885. The molecular weight excluding hydrogens is 432 g/mol. The smallest absolute Gasteiger partial charge is 0.311 e. The lowest BCUT2D eigenvalue weighted by molar-refractivity contribution is -0.155. The molecule has 0 aliphatic carbocycles. The molecule has 0 aromatic carbocycles. The number of carbonyl (C=O) groups excluding carboxylic acids is 1. The van der Waals surface area contributed by atoms with E-state index in [9.17, 15) is 4.79 Å². The van der Waals surface area contributed by atoms with E-state index >= 15 is 0 Å². The topological polar surface area (TPSA) is 44.8 Å². The van der Waals surface area contributed by atoms with Crippen LogP contribution in [0.4, 0.5) is 0 Å². The van der Waals surface area contributed by atoms with Gasteiger partial charge >= 0.3 is 5.97 Å². The molecule has 32 heavy (non-hydrogen) atoms. The Morgan fingerprint density at radius 3 is 2.03 bits per heavy atom. The van der Waals surface area contributed by atoms with Gasteiger partial charge in [-0.2, -0.15) is 0 Å². The normalized spacial score (nSPS) is 22.8. The molecule has 1 heterocycles. The van der Waals surface area contributed by atoms with Gasteiger partial charge in [0.2, 0.25) is 0 Å². The zero-order valence-electron chi connectivity index (χ0n) is 23.4. The van der Waals surface area contributed by atoms with Crippen molar-refractivity contribution >= 4 is 22.4 Å². The van der Waals surface area contributed by atoms with E-state index in [1.807, 2.05) is 20.8 Å². The summed E-state index contributed by atoms with van der Waals surface area (Å²) in [7, 11) is -3.16. The first-order valence-corrected chi connectivity index (χ1v) is 18.8. The highest BCUT2D eigenvalue weighted by Crippen LogP contribution is 2.41. The second-order valence-electron chi connectivity index (χ2n) is 14.0. The standard InChI is InChI=1S/C26H52O4Si2/c1-24(2,3)23(27)28-15-14-21-16-20(18-31(9,10)11)17-22(30-21)26(7,8)19-29-32(12,13)25(4,5)6/h18,21-22H,14-17,19H2,1-13H3/b20-18-/t21-,22-/m1/s1. The van der Waals surface area contributed by atoms with E-state index in [-0.39, 0.29) is 28.6 Å². The van der Waals surface area contributed by atoms with E-state index in [1.54, 1.807) is 0 Å². The van der Waals surface area contributed by atoms with E-state index < -0.39 is 21.8 Å². The first-order valence-electron chi connectivity index (χ1n) is 12.3. The third kappa shape index (κ3) is 9.43. The minimum Gasteiger partial charge on any atom is -0.465 e. The van der Waals surface area contributed by atoms with Crippen LogP contribution in [0, 0.1) is 10.8 Å². The molecule has 6 heteroatoms. The van der Waals surface area contributed by atoms with Crippen LogP contribution in [0.25, 0.3) is 0 Å². The van der Waals surface area contributed by atoms with Crippen LogP contribution in [0.3, 0.4) is 0 Å². The van der Waals surface area contributed by atoms with Crippen LogP contribution in [0.2, 0.25) is 37.8 Å². The molecular formula is C26H52O4Si2. The number of hydrogen-bond donors (Lipinski definition) is 0. The maximum absolute atomic E-state index is 12.2. The minimum atomic E-state index is -1.82. The molecule has 0 aromatic heterocycles.